The average molecular weight is 318 g/mol. The van der Waals surface area contributed by atoms with Crippen molar-refractivity contribution >= 4 is 40.3 Å². The Balaban J connectivity index is 2.18. The number of aromatic nitrogens is 2. The number of carboxylic acids is 1. The summed E-state index contributed by atoms with van der Waals surface area (Å²) in [5.41, 5.74) is 0. The van der Waals surface area contributed by atoms with Gasteiger partial charge >= 0.3 is 5.97 Å². The molecule has 0 saturated carbocycles. The van der Waals surface area contributed by atoms with Crippen molar-refractivity contribution in [1.82, 2.24) is 14.7 Å². The molecule has 20 heavy (non-hydrogen) atoms. The van der Waals surface area contributed by atoms with Gasteiger partial charge < -0.3 is 10.4 Å². The molecule has 1 heterocycles. The van der Waals surface area contributed by atoms with E-state index < -0.39 is 5.97 Å². The molecule has 3 N–H and O–H groups in total. The highest BCUT2D eigenvalue weighted by Gasteiger charge is 2.08. The number of amides is 1. The van der Waals surface area contributed by atoms with Gasteiger partial charge in [0.1, 0.15) is 0 Å². The molecule has 0 unspecified atom stereocenters. The van der Waals surface area contributed by atoms with Crippen LogP contribution < -0.4 is 10.6 Å². The normalized spacial score (nSPS) is 10.4. The van der Waals surface area contributed by atoms with Crippen LogP contribution in [-0.2, 0) is 9.59 Å². The molecule has 112 valence electrons. The smallest absolute Gasteiger partial charge is 0.303 e. The zero-order valence-electron chi connectivity index (χ0n) is 11.2. The van der Waals surface area contributed by atoms with Crippen LogP contribution in [0.25, 0.3) is 0 Å². The fourth-order valence-electron chi connectivity index (χ4n) is 1.24. The summed E-state index contributed by atoms with van der Waals surface area (Å²) in [6.45, 7) is 2.71. The zero-order valence-corrected chi connectivity index (χ0v) is 12.9. The van der Waals surface area contributed by atoms with E-state index in [9.17, 15) is 9.59 Å². The van der Waals surface area contributed by atoms with E-state index in [1.807, 2.05) is 0 Å². The topological polar surface area (TPSA) is 104 Å². The third kappa shape index (κ3) is 7.41. The van der Waals surface area contributed by atoms with E-state index in [0.29, 0.717) is 23.3 Å². The molecule has 0 spiro atoms. The van der Waals surface area contributed by atoms with E-state index in [1.54, 1.807) is 11.8 Å². The number of aliphatic carboxylic acids is 1. The molecule has 9 heteroatoms. The molecule has 0 radical (unpaired) electrons. The van der Waals surface area contributed by atoms with Crippen molar-refractivity contribution in [2.24, 2.45) is 0 Å². The molecule has 1 amide bonds. The van der Waals surface area contributed by atoms with Crippen LogP contribution in [0.4, 0.5) is 5.13 Å². The summed E-state index contributed by atoms with van der Waals surface area (Å²) >= 11 is 2.72. The number of carboxylic acid groups (broad SMARTS) is 1. The Bertz CT molecular complexity index is 439. The third-order valence-corrected chi connectivity index (χ3v) is 3.92. The number of thioether (sulfide) groups is 1. The molecule has 7 nitrogen and oxygen atoms in total. The molecule has 0 fully saturated rings. The maximum absolute atomic E-state index is 11.6. The van der Waals surface area contributed by atoms with E-state index in [4.69, 9.17) is 5.11 Å². The Morgan fingerprint density at radius 3 is 2.95 bits per heavy atom. The van der Waals surface area contributed by atoms with Crippen LogP contribution in [0.5, 0.6) is 0 Å². The van der Waals surface area contributed by atoms with Crippen LogP contribution in [0.3, 0.4) is 0 Å². The van der Waals surface area contributed by atoms with Crippen LogP contribution in [-0.4, -0.2) is 45.2 Å². The second kappa shape index (κ2) is 9.67. The largest absolute Gasteiger partial charge is 0.481 e. The molecule has 0 saturated heterocycles. The highest BCUT2D eigenvalue weighted by molar-refractivity contribution is 7.99. The summed E-state index contributed by atoms with van der Waals surface area (Å²) in [6, 6.07) is 0. The second-order valence-corrected chi connectivity index (χ2v) is 5.77. The second-order valence-electron chi connectivity index (χ2n) is 3.95. The van der Waals surface area contributed by atoms with Gasteiger partial charge in [-0.05, 0) is 19.4 Å². The summed E-state index contributed by atoms with van der Waals surface area (Å²) in [7, 11) is 0. The maximum Gasteiger partial charge on any atom is 0.303 e. The zero-order chi connectivity index (χ0) is 14.8. The van der Waals surface area contributed by atoms with Gasteiger partial charge in [-0.25, -0.2) is 0 Å². The number of carbonyl (C=O) groups excluding carboxylic acids is 1. The van der Waals surface area contributed by atoms with Gasteiger partial charge in [-0.2, -0.15) is 9.36 Å². The standard InChI is InChI=1S/C11H18N4O3S2/c1-2-6-19-11-14-10(20-15-11)13-8(16)7-12-5-3-4-9(17)18/h12H,2-7H2,1H3,(H,17,18)(H,13,14,15,16). The third-order valence-electron chi connectivity index (χ3n) is 2.12. The van der Waals surface area contributed by atoms with Crippen molar-refractivity contribution in [1.29, 1.82) is 0 Å². The van der Waals surface area contributed by atoms with Gasteiger partial charge in [-0.1, -0.05) is 18.7 Å². The summed E-state index contributed by atoms with van der Waals surface area (Å²) in [5.74, 6) is -0.0827. The molecule has 1 aromatic rings. The number of nitrogens with zero attached hydrogens (tertiary/aromatic N) is 2. The Hall–Kier alpha value is -1.19. The highest BCUT2D eigenvalue weighted by Crippen LogP contribution is 2.20. The molecular formula is C11H18N4O3S2. The summed E-state index contributed by atoms with van der Waals surface area (Å²) in [4.78, 5) is 26.1. The lowest BCUT2D eigenvalue weighted by molar-refractivity contribution is -0.137. The van der Waals surface area contributed by atoms with Gasteiger partial charge in [-0.15, -0.1) is 0 Å². The fraction of sp³-hybridized carbons (Fsp3) is 0.636. The molecule has 0 aliphatic heterocycles. The molecule has 0 bridgehead atoms. The molecule has 0 aromatic carbocycles. The van der Waals surface area contributed by atoms with Crippen molar-refractivity contribution in [2.75, 3.05) is 24.2 Å². The molecule has 0 aliphatic carbocycles. The Labute approximate surface area is 125 Å². The van der Waals surface area contributed by atoms with Crippen molar-refractivity contribution in [3.05, 3.63) is 0 Å². The van der Waals surface area contributed by atoms with E-state index in [2.05, 4.69) is 26.9 Å². The lowest BCUT2D eigenvalue weighted by Crippen LogP contribution is -2.28. The van der Waals surface area contributed by atoms with Crippen LogP contribution in [0.1, 0.15) is 26.2 Å². The van der Waals surface area contributed by atoms with Gasteiger partial charge in [0.2, 0.25) is 16.2 Å². The minimum absolute atomic E-state index is 0.100. The van der Waals surface area contributed by atoms with Crippen LogP contribution >= 0.6 is 23.3 Å². The Kier molecular flexibility index (Phi) is 8.16. The van der Waals surface area contributed by atoms with E-state index in [-0.39, 0.29) is 18.9 Å². The molecule has 1 aromatic heterocycles. The first-order valence-corrected chi connectivity index (χ1v) is 8.06. The Morgan fingerprint density at radius 2 is 2.25 bits per heavy atom. The van der Waals surface area contributed by atoms with Crippen LogP contribution in [0, 0.1) is 0 Å². The first kappa shape index (κ1) is 16.9. The van der Waals surface area contributed by atoms with Gasteiger partial charge in [0.15, 0.2) is 0 Å². The quantitative estimate of drug-likeness (QED) is 0.443. The van der Waals surface area contributed by atoms with Crippen LogP contribution in [0.2, 0.25) is 0 Å². The lowest BCUT2D eigenvalue weighted by Gasteiger charge is -2.03. The van der Waals surface area contributed by atoms with Gasteiger partial charge in [0.05, 0.1) is 6.54 Å². The summed E-state index contributed by atoms with van der Waals surface area (Å²) < 4.78 is 4.13. The van der Waals surface area contributed by atoms with Crippen LogP contribution in [0.15, 0.2) is 5.16 Å². The minimum atomic E-state index is -0.831. The summed E-state index contributed by atoms with van der Waals surface area (Å²) in [5, 5.41) is 15.2. The van der Waals surface area contributed by atoms with E-state index in [0.717, 1.165) is 23.7 Å². The predicted molar refractivity (Wildman–Crippen MR) is 79.3 cm³/mol. The van der Waals surface area contributed by atoms with Gasteiger partial charge in [0, 0.05) is 23.7 Å². The lowest BCUT2D eigenvalue weighted by atomic mass is 10.3. The average Bonchev–Trinajstić information content (AvgIpc) is 2.83. The van der Waals surface area contributed by atoms with Gasteiger partial charge in [-0.3, -0.25) is 14.9 Å². The van der Waals surface area contributed by atoms with Crippen molar-refractivity contribution in [2.45, 2.75) is 31.3 Å². The molecular weight excluding hydrogens is 300 g/mol. The van der Waals surface area contributed by atoms with Crippen molar-refractivity contribution in [3.8, 4) is 0 Å². The summed E-state index contributed by atoms with van der Waals surface area (Å²) in [6.07, 6.45) is 1.65. The predicted octanol–water partition coefficient (Wildman–Crippen LogP) is 1.43. The van der Waals surface area contributed by atoms with E-state index >= 15 is 0 Å². The molecule has 0 atom stereocenters. The molecule has 1 rings (SSSR count). The first-order chi connectivity index (χ1) is 9.61. The number of carbonyl (C=O) groups is 2. The van der Waals surface area contributed by atoms with E-state index in [1.165, 1.54) is 0 Å². The number of anilines is 1. The number of nitrogens with one attached hydrogen (secondary N) is 2. The minimum Gasteiger partial charge on any atom is -0.481 e. The molecule has 0 aliphatic rings. The maximum atomic E-state index is 11.6. The monoisotopic (exact) mass is 318 g/mol. The number of hydrogen-bond acceptors (Lipinski definition) is 7. The van der Waals surface area contributed by atoms with Gasteiger partial charge in [0.25, 0.3) is 0 Å². The SMILES string of the molecule is CCCSc1nsc(NC(=O)CNCCCC(=O)O)n1. The fourth-order valence-corrected chi connectivity index (χ4v) is 2.66. The Morgan fingerprint density at radius 1 is 1.45 bits per heavy atom. The number of hydrogen-bond donors (Lipinski definition) is 3. The first-order valence-electron chi connectivity index (χ1n) is 6.30. The highest BCUT2D eigenvalue weighted by atomic mass is 32.2. The van der Waals surface area contributed by atoms with Crippen molar-refractivity contribution < 1.29 is 14.7 Å². The van der Waals surface area contributed by atoms with Crippen molar-refractivity contribution in [3.63, 3.8) is 0 Å². The number of rotatable bonds is 10.